The van der Waals surface area contributed by atoms with Gasteiger partial charge in [0.05, 0.1) is 19.1 Å². The fourth-order valence-electron chi connectivity index (χ4n) is 0.559. The van der Waals surface area contributed by atoms with Crippen LogP contribution in [0, 0.1) is 0 Å². The quantitative estimate of drug-likeness (QED) is 0.338. The number of epoxide rings is 1. The molecule has 4 nitrogen and oxygen atoms in total. The maximum absolute atomic E-state index is 10.2. The summed E-state index contributed by atoms with van der Waals surface area (Å²) in [5, 5.41) is 7.78. The highest BCUT2D eigenvalue weighted by atomic mass is 17.1. The van der Waals surface area contributed by atoms with E-state index < -0.39 is 5.97 Å². The molecule has 1 rings (SSSR count). The molecule has 0 aromatic heterocycles. The van der Waals surface area contributed by atoms with Gasteiger partial charge < -0.3 is 9.62 Å². The standard InChI is InChI=1S/C5H8O4/c6-5(9-7)2-1-4-3-8-4/h4,7H,1-3H2. The summed E-state index contributed by atoms with van der Waals surface area (Å²) >= 11 is 0. The van der Waals surface area contributed by atoms with E-state index in [2.05, 4.69) is 4.89 Å². The van der Waals surface area contributed by atoms with Gasteiger partial charge in [-0.25, -0.2) is 4.79 Å². The van der Waals surface area contributed by atoms with Crippen molar-refractivity contribution in [3.05, 3.63) is 0 Å². The van der Waals surface area contributed by atoms with Crippen LogP contribution in [0.4, 0.5) is 0 Å². The first-order valence-electron chi connectivity index (χ1n) is 2.79. The molecule has 0 aromatic carbocycles. The Kier molecular flexibility index (Phi) is 2.02. The summed E-state index contributed by atoms with van der Waals surface area (Å²) in [6.07, 6.45) is 1.12. The zero-order valence-electron chi connectivity index (χ0n) is 4.87. The van der Waals surface area contributed by atoms with Crippen LogP contribution in [0.1, 0.15) is 12.8 Å². The van der Waals surface area contributed by atoms with Crippen LogP contribution in [-0.4, -0.2) is 23.9 Å². The molecule has 1 heterocycles. The van der Waals surface area contributed by atoms with E-state index in [4.69, 9.17) is 9.99 Å². The van der Waals surface area contributed by atoms with Gasteiger partial charge in [-0.3, -0.25) is 0 Å². The van der Waals surface area contributed by atoms with Gasteiger partial charge in [-0.1, -0.05) is 0 Å². The monoisotopic (exact) mass is 132 g/mol. The van der Waals surface area contributed by atoms with E-state index in [-0.39, 0.29) is 12.5 Å². The minimum absolute atomic E-state index is 0.226. The zero-order chi connectivity index (χ0) is 6.69. The number of hydrogen-bond acceptors (Lipinski definition) is 4. The molecule has 0 saturated carbocycles. The Morgan fingerprint density at radius 1 is 1.89 bits per heavy atom. The van der Waals surface area contributed by atoms with Gasteiger partial charge in [0.2, 0.25) is 0 Å². The molecular weight excluding hydrogens is 124 g/mol. The molecular formula is C5H8O4. The van der Waals surface area contributed by atoms with Crippen molar-refractivity contribution in [2.24, 2.45) is 0 Å². The van der Waals surface area contributed by atoms with Crippen molar-refractivity contribution in [3.8, 4) is 0 Å². The SMILES string of the molecule is O=C(CCC1CO1)OO. The molecule has 1 aliphatic rings. The van der Waals surface area contributed by atoms with Crippen LogP contribution < -0.4 is 0 Å². The lowest BCUT2D eigenvalue weighted by Crippen LogP contribution is -2.01. The number of rotatable bonds is 3. The minimum Gasteiger partial charge on any atom is -0.373 e. The third kappa shape index (κ3) is 2.43. The van der Waals surface area contributed by atoms with Gasteiger partial charge in [0, 0.05) is 0 Å². The molecule has 1 fully saturated rings. The van der Waals surface area contributed by atoms with Crippen molar-refractivity contribution in [1.82, 2.24) is 0 Å². The highest BCUT2D eigenvalue weighted by Gasteiger charge is 2.23. The molecule has 1 N–H and O–H groups in total. The first kappa shape index (κ1) is 6.51. The molecule has 52 valence electrons. The fourth-order valence-corrected chi connectivity index (χ4v) is 0.559. The molecule has 0 aliphatic carbocycles. The van der Waals surface area contributed by atoms with E-state index in [0.717, 1.165) is 6.61 Å². The predicted octanol–water partition coefficient (Wildman–Crippen LogP) is 0.182. The first-order chi connectivity index (χ1) is 4.33. The van der Waals surface area contributed by atoms with Gasteiger partial charge in [-0.15, -0.1) is 0 Å². The topological polar surface area (TPSA) is 59.1 Å². The summed E-state index contributed by atoms with van der Waals surface area (Å²) in [6.45, 7) is 0.735. The van der Waals surface area contributed by atoms with Crippen LogP contribution in [0.25, 0.3) is 0 Å². The average Bonchev–Trinajstić information content (AvgIpc) is 2.65. The summed E-state index contributed by atoms with van der Waals surface area (Å²) in [4.78, 5) is 13.7. The van der Waals surface area contributed by atoms with Gasteiger partial charge in [0.15, 0.2) is 0 Å². The van der Waals surface area contributed by atoms with E-state index in [1.54, 1.807) is 0 Å². The molecule has 1 unspecified atom stereocenters. The summed E-state index contributed by atoms with van der Waals surface area (Å²) in [6, 6.07) is 0. The summed E-state index contributed by atoms with van der Waals surface area (Å²) < 4.78 is 4.81. The predicted molar refractivity (Wildman–Crippen MR) is 27.7 cm³/mol. The van der Waals surface area contributed by atoms with Gasteiger partial charge in [0.1, 0.15) is 0 Å². The first-order valence-corrected chi connectivity index (χ1v) is 2.79. The minimum atomic E-state index is -0.592. The Labute approximate surface area is 52.3 Å². The zero-order valence-corrected chi connectivity index (χ0v) is 4.87. The Morgan fingerprint density at radius 3 is 3.00 bits per heavy atom. The van der Waals surface area contributed by atoms with E-state index in [1.165, 1.54) is 0 Å². The Morgan fingerprint density at radius 2 is 2.56 bits per heavy atom. The van der Waals surface area contributed by atoms with Crippen LogP contribution in [0.2, 0.25) is 0 Å². The molecule has 4 heteroatoms. The lowest BCUT2D eigenvalue weighted by atomic mass is 10.2. The maximum Gasteiger partial charge on any atom is 0.342 e. The van der Waals surface area contributed by atoms with Crippen LogP contribution in [-0.2, 0) is 14.4 Å². The molecule has 1 aliphatic heterocycles. The summed E-state index contributed by atoms with van der Waals surface area (Å²) in [7, 11) is 0. The molecule has 9 heavy (non-hydrogen) atoms. The molecule has 0 spiro atoms. The Bertz CT molecular complexity index is 108. The fraction of sp³-hybridized carbons (Fsp3) is 0.800. The highest BCUT2D eigenvalue weighted by Crippen LogP contribution is 2.15. The van der Waals surface area contributed by atoms with Crippen molar-refractivity contribution in [3.63, 3.8) is 0 Å². The molecule has 0 aromatic rings. The van der Waals surface area contributed by atoms with Crippen molar-refractivity contribution in [2.75, 3.05) is 6.61 Å². The second-order valence-corrected chi connectivity index (χ2v) is 1.96. The van der Waals surface area contributed by atoms with E-state index in [0.29, 0.717) is 6.42 Å². The van der Waals surface area contributed by atoms with Crippen LogP contribution >= 0.6 is 0 Å². The smallest absolute Gasteiger partial charge is 0.342 e. The van der Waals surface area contributed by atoms with Gasteiger partial charge >= 0.3 is 5.97 Å². The van der Waals surface area contributed by atoms with Crippen molar-refractivity contribution < 1.29 is 19.7 Å². The molecule has 0 radical (unpaired) electrons. The van der Waals surface area contributed by atoms with Crippen molar-refractivity contribution >= 4 is 5.97 Å². The third-order valence-corrected chi connectivity index (χ3v) is 1.17. The lowest BCUT2D eigenvalue weighted by molar-refractivity contribution is -0.234. The van der Waals surface area contributed by atoms with Crippen LogP contribution in [0.15, 0.2) is 0 Å². The second kappa shape index (κ2) is 2.80. The third-order valence-electron chi connectivity index (χ3n) is 1.17. The van der Waals surface area contributed by atoms with Gasteiger partial charge in [-0.2, -0.15) is 5.26 Å². The van der Waals surface area contributed by atoms with Gasteiger partial charge in [0.25, 0.3) is 0 Å². The molecule has 1 atom stereocenters. The molecule has 0 bridgehead atoms. The van der Waals surface area contributed by atoms with Crippen LogP contribution in [0.3, 0.4) is 0 Å². The Balaban J connectivity index is 1.96. The van der Waals surface area contributed by atoms with Crippen molar-refractivity contribution in [1.29, 1.82) is 0 Å². The highest BCUT2D eigenvalue weighted by molar-refractivity contribution is 5.68. The average molecular weight is 132 g/mol. The Hall–Kier alpha value is -0.610. The van der Waals surface area contributed by atoms with Crippen LogP contribution in [0.5, 0.6) is 0 Å². The van der Waals surface area contributed by atoms with E-state index in [9.17, 15) is 4.79 Å². The van der Waals surface area contributed by atoms with E-state index >= 15 is 0 Å². The van der Waals surface area contributed by atoms with E-state index in [1.807, 2.05) is 0 Å². The largest absolute Gasteiger partial charge is 0.373 e. The van der Waals surface area contributed by atoms with Crippen molar-refractivity contribution in [2.45, 2.75) is 18.9 Å². The van der Waals surface area contributed by atoms with Gasteiger partial charge in [-0.05, 0) is 6.42 Å². The molecule has 0 amide bonds. The maximum atomic E-state index is 10.2. The number of carbonyl (C=O) groups is 1. The normalized spacial score (nSPS) is 23.4. The number of ether oxygens (including phenoxy) is 1. The lowest BCUT2D eigenvalue weighted by Gasteiger charge is -1.90. The number of carbonyl (C=O) groups excluding carboxylic acids is 1. The summed E-state index contributed by atoms with van der Waals surface area (Å²) in [5.74, 6) is -0.592. The molecule has 1 saturated heterocycles. The summed E-state index contributed by atoms with van der Waals surface area (Å²) in [5.41, 5.74) is 0. The number of hydrogen-bond donors (Lipinski definition) is 1. The second-order valence-electron chi connectivity index (χ2n) is 1.96.